The lowest BCUT2D eigenvalue weighted by molar-refractivity contribution is -0.146. The maximum Gasteiger partial charge on any atom is 0.242 e. The van der Waals surface area contributed by atoms with Crippen molar-refractivity contribution in [1.82, 2.24) is 14.4 Å². The van der Waals surface area contributed by atoms with Gasteiger partial charge in [-0.1, -0.05) is 0 Å². The first kappa shape index (κ1) is 17.5. The van der Waals surface area contributed by atoms with Gasteiger partial charge < -0.3 is 14.2 Å². The molecule has 0 spiro atoms. The Hall–Kier alpha value is -1.92. The summed E-state index contributed by atoms with van der Waals surface area (Å²) in [5.74, 6) is -0.0248. The molecule has 1 amide bonds. The van der Waals surface area contributed by atoms with Crippen LogP contribution in [0, 0.1) is 5.82 Å². The van der Waals surface area contributed by atoms with Crippen LogP contribution in [-0.2, 0) is 23.1 Å². The van der Waals surface area contributed by atoms with E-state index in [0.29, 0.717) is 32.8 Å². The van der Waals surface area contributed by atoms with Gasteiger partial charge in [0.1, 0.15) is 5.82 Å². The van der Waals surface area contributed by atoms with E-state index >= 15 is 0 Å². The monoisotopic (exact) mass is 359 g/mol. The number of hydrogen-bond acceptors (Lipinski definition) is 3. The molecule has 4 rings (SSSR count). The van der Waals surface area contributed by atoms with E-state index in [1.54, 1.807) is 6.07 Å². The van der Waals surface area contributed by atoms with Gasteiger partial charge in [0.05, 0.1) is 18.8 Å². The second-order valence-corrected chi connectivity index (χ2v) is 7.63. The van der Waals surface area contributed by atoms with Gasteiger partial charge in [-0.3, -0.25) is 9.69 Å². The van der Waals surface area contributed by atoms with E-state index in [0.717, 1.165) is 35.9 Å². The largest absolute Gasteiger partial charge is 0.378 e. The van der Waals surface area contributed by atoms with Gasteiger partial charge in [0.2, 0.25) is 5.91 Å². The van der Waals surface area contributed by atoms with Crippen molar-refractivity contribution in [2.75, 3.05) is 32.8 Å². The maximum atomic E-state index is 13.8. The fraction of sp³-hybridized carbons (Fsp3) is 0.550. The molecule has 0 radical (unpaired) electrons. The van der Waals surface area contributed by atoms with Crippen LogP contribution < -0.4 is 0 Å². The van der Waals surface area contributed by atoms with E-state index in [9.17, 15) is 9.18 Å². The first-order valence-corrected chi connectivity index (χ1v) is 9.35. The summed E-state index contributed by atoms with van der Waals surface area (Å²) in [4.78, 5) is 17.4. The predicted octanol–water partition coefficient (Wildman–Crippen LogP) is 2.53. The molecule has 2 aliphatic rings. The Morgan fingerprint density at radius 3 is 2.81 bits per heavy atom. The third kappa shape index (κ3) is 2.91. The number of rotatable bonds is 3. The number of hydrogen-bond donors (Lipinski definition) is 0. The highest BCUT2D eigenvalue weighted by Crippen LogP contribution is 2.34. The number of morpholine rings is 1. The van der Waals surface area contributed by atoms with Crippen molar-refractivity contribution >= 4 is 16.8 Å². The van der Waals surface area contributed by atoms with Gasteiger partial charge in [-0.2, -0.15) is 0 Å². The summed E-state index contributed by atoms with van der Waals surface area (Å²) in [6, 6.07) is 4.91. The molecule has 6 heteroatoms. The number of ether oxygens (including phenoxy) is 1. The lowest BCUT2D eigenvalue weighted by atomic mass is 9.96. The number of fused-ring (bicyclic) bond motifs is 1. The molecule has 26 heavy (non-hydrogen) atoms. The first-order chi connectivity index (χ1) is 12.5. The van der Waals surface area contributed by atoms with E-state index in [-0.39, 0.29) is 11.7 Å². The van der Waals surface area contributed by atoms with Crippen LogP contribution in [-0.4, -0.2) is 58.7 Å². The van der Waals surface area contributed by atoms with Crippen LogP contribution in [0.3, 0.4) is 0 Å². The average molecular weight is 359 g/mol. The summed E-state index contributed by atoms with van der Waals surface area (Å²) in [5.41, 5.74) is 1.60. The Morgan fingerprint density at radius 1 is 1.27 bits per heavy atom. The van der Waals surface area contributed by atoms with Crippen molar-refractivity contribution in [3.05, 3.63) is 35.8 Å². The number of likely N-dealkylation sites (tertiary alicyclic amines) is 1. The highest BCUT2D eigenvalue weighted by molar-refractivity contribution is 5.87. The summed E-state index contributed by atoms with van der Waals surface area (Å²) in [6.07, 6.45) is 3.93. The number of nitrogens with zero attached hydrogens (tertiary/aromatic N) is 3. The number of benzene rings is 1. The predicted molar refractivity (Wildman–Crippen MR) is 98.3 cm³/mol. The smallest absolute Gasteiger partial charge is 0.242 e. The van der Waals surface area contributed by atoms with Crippen LogP contribution in [0.15, 0.2) is 24.4 Å². The number of aromatic nitrogens is 1. The van der Waals surface area contributed by atoms with Crippen molar-refractivity contribution in [3.63, 3.8) is 0 Å². The molecule has 0 saturated carbocycles. The van der Waals surface area contributed by atoms with Gasteiger partial charge in [0.25, 0.3) is 0 Å². The van der Waals surface area contributed by atoms with Crippen molar-refractivity contribution < 1.29 is 13.9 Å². The Labute approximate surface area is 153 Å². The first-order valence-electron chi connectivity index (χ1n) is 9.35. The minimum absolute atomic E-state index is 0.199. The SMILES string of the molecule is Cn1cc(CN2CCC[C@@]2(C)C(=O)N2CCOCC2)c2cc(F)ccc21. The molecule has 0 aliphatic carbocycles. The molecular formula is C20H26FN3O2. The zero-order valence-corrected chi connectivity index (χ0v) is 15.5. The number of carbonyl (C=O) groups is 1. The van der Waals surface area contributed by atoms with Crippen molar-refractivity contribution in [1.29, 1.82) is 0 Å². The number of carbonyl (C=O) groups excluding carboxylic acids is 1. The van der Waals surface area contributed by atoms with Crippen LogP contribution >= 0.6 is 0 Å². The molecule has 2 fully saturated rings. The molecule has 0 unspecified atom stereocenters. The van der Waals surface area contributed by atoms with Crippen LogP contribution in [0.1, 0.15) is 25.3 Å². The second-order valence-electron chi connectivity index (χ2n) is 7.63. The summed E-state index contributed by atoms with van der Waals surface area (Å²) in [5, 5.41) is 0.931. The minimum Gasteiger partial charge on any atom is -0.378 e. The van der Waals surface area contributed by atoms with Gasteiger partial charge in [-0.15, -0.1) is 0 Å². The second kappa shape index (κ2) is 6.67. The minimum atomic E-state index is -0.493. The summed E-state index contributed by atoms with van der Waals surface area (Å²) < 4.78 is 21.2. The molecule has 140 valence electrons. The zero-order valence-electron chi connectivity index (χ0n) is 15.5. The van der Waals surface area contributed by atoms with Gasteiger partial charge in [0.15, 0.2) is 0 Å². The lowest BCUT2D eigenvalue weighted by Gasteiger charge is -2.39. The Bertz CT molecular complexity index is 828. The standard InChI is InChI=1S/C20H26FN3O2/c1-20(19(25)23-8-10-26-11-9-23)6-3-7-24(20)14-15-13-22(2)18-5-4-16(21)12-17(15)18/h4-5,12-13H,3,6-11,14H2,1-2H3/t20-/m0/s1. The third-order valence-electron chi connectivity index (χ3n) is 5.94. The van der Waals surface area contributed by atoms with Gasteiger partial charge >= 0.3 is 0 Å². The molecular weight excluding hydrogens is 333 g/mol. The number of halogens is 1. The zero-order chi connectivity index (χ0) is 18.3. The van der Waals surface area contributed by atoms with E-state index in [2.05, 4.69) is 18.0 Å². The summed E-state index contributed by atoms with van der Waals surface area (Å²) in [7, 11) is 1.98. The molecule has 2 aliphatic heterocycles. The fourth-order valence-corrected chi connectivity index (χ4v) is 4.40. The van der Waals surface area contributed by atoms with Crippen LogP contribution in [0.5, 0.6) is 0 Å². The highest BCUT2D eigenvalue weighted by Gasteiger charge is 2.45. The van der Waals surface area contributed by atoms with Gasteiger partial charge in [-0.05, 0) is 50.1 Å². The topological polar surface area (TPSA) is 37.7 Å². The van der Waals surface area contributed by atoms with Crippen LogP contribution in [0.2, 0.25) is 0 Å². The van der Waals surface area contributed by atoms with Crippen LogP contribution in [0.25, 0.3) is 10.9 Å². The van der Waals surface area contributed by atoms with Gasteiger partial charge in [-0.25, -0.2) is 4.39 Å². The molecule has 1 aromatic carbocycles. The average Bonchev–Trinajstić information content (AvgIpc) is 3.16. The van der Waals surface area contributed by atoms with Crippen molar-refractivity contribution in [3.8, 4) is 0 Å². The molecule has 2 saturated heterocycles. The third-order valence-corrected chi connectivity index (χ3v) is 5.94. The highest BCUT2D eigenvalue weighted by atomic mass is 19.1. The summed E-state index contributed by atoms with van der Waals surface area (Å²) >= 11 is 0. The fourth-order valence-electron chi connectivity index (χ4n) is 4.40. The summed E-state index contributed by atoms with van der Waals surface area (Å²) in [6.45, 7) is 6.17. The molecule has 0 bridgehead atoms. The number of aryl methyl sites for hydroxylation is 1. The van der Waals surface area contributed by atoms with E-state index in [1.165, 1.54) is 6.07 Å². The Kier molecular flexibility index (Phi) is 4.49. The Morgan fingerprint density at radius 2 is 2.04 bits per heavy atom. The molecule has 1 atom stereocenters. The van der Waals surface area contributed by atoms with E-state index in [1.807, 2.05) is 22.6 Å². The molecule has 3 heterocycles. The number of amides is 1. The van der Waals surface area contributed by atoms with E-state index < -0.39 is 5.54 Å². The van der Waals surface area contributed by atoms with Gasteiger partial charge in [0, 0.05) is 43.8 Å². The Balaban J connectivity index is 1.61. The maximum absolute atomic E-state index is 13.8. The van der Waals surface area contributed by atoms with E-state index in [4.69, 9.17) is 4.74 Å². The quantitative estimate of drug-likeness (QED) is 0.845. The molecule has 5 nitrogen and oxygen atoms in total. The lowest BCUT2D eigenvalue weighted by Crippen LogP contribution is -2.56. The molecule has 1 aromatic heterocycles. The molecule has 0 N–H and O–H groups in total. The normalized spacial score (nSPS) is 24.5. The van der Waals surface area contributed by atoms with Crippen LogP contribution in [0.4, 0.5) is 4.39 Å². The molecule has 2 aromatic rings. The van der Waals surface area contributed by atoms with Crippen molar-refractivity contribution in [2.45, 2.75) is 31.8 Å². The van der Waals surface area contributed by atoms with Crippen molar-refractivity contribution in [2.24, 2.45) is 7.05 Å².